The van der Waals surface area contributed by atoms with E-state index in [-0.39, 0.29) is 21.7 Å². The molecule has 0 saturated carbocycles. The van der Waals surface area contributed by atoms with Gasteiger partial charge in [0, 0.05) is 28.7 Å². The van der Waals surface area contributed by atoms with Gasteiger partial charge in [-0.05, 0) is 39.7 Å². The molecule has 0 radical (unpaired) electrons. The molecule has 1 N–H and O–H groups in total. The fraction of sp³-hybridized carbons (Fsp3) is 0.613. The predicted molar refractivity (Wildman–Crippen MR) is 151 cm³/mol. The van der Waals surface area contributed by atoms with Crippen LogP contribution in [0.15, 0.2) is 24.3 Å². The first-order chi connectivity index (χ1) is 15.7. The van der Waals surface area contributed by atoms with Gasteiger partial charge in [0.05, 0.1) is 0 Å². The Kier molecular flexibility index (Phi) is 7.02. The highest BCUT2D eigenvalue weighted by Crippen LogP contribution is 2.61. The predicted octanol–water partition coefficient (Wildman–Crippen LogP) is 9.01. The molecule has 1 heterocycles. The van der Waals surface area contributed by atoms with Crippen LogP contribution in [0.1, 0.15) is 123 Å². The van der Waals surface area contributed by atoms with E-state index in [1.54, 1.807) is 0 Å². The van der Waals surface area contributed by atoms with E-state index in [2.05, 4.69) is 107 Å². The van der Waals surface area contributed by atoms with Crippen LogP contribution in [0, 0.1) is 0 Å². The van der Waals surface area contributed by atoms with Crippen molar-refractivity contribution in [2.75, 3.05) is 6.16 Å². The van der Waals surface area contributed by atoms with Gasteiger partial charge in [0.25, 0.3) is 0 Å². The average Bonchev–Trinajstić information content (AvgIpc) is 2.65. The molecule has 2 aromatic rings. The second kappa shape index (κ2) is 8.77. The number of fused-ring (bicyclic) bond motifs is 2. The zero-order valence-corrected chi connectivity index (χ0v) is 25.3. The number of rotatable bonds is 1. The highest BCUT2D eigenvalue weighted by atomic mass is 31.2. The lowest BCUT2D eigenvalue weighted by atomic mass is 9.76. The van der Waals surface area contributed by atoms with Crippen LogP contribution in [0.5, 0.6) is 11.5 Å². The van der Waals surface area contributed by atoms with Crippen LogP contribution in [0.2, 0.25) is 0 Å². The number of benzene rings is 2. The molecule has 0 fully saturated rings. The summed E-state index contributed by atoms with van der Waals surface area (Å²) in [5.74, 6) is 1.60. The monoisotopic (exact) mass is 499 g/mol. The number of hydrogen-bond donors (Lipinski definition) is 1. The molecule has 0 atom stereocenters. The van der Waals surface area contributed by atoms with Gasteiger partial charge in [0.2, 0.25) is 0 Å². The van der Waals surface area contributed by atoms with E-state index in [0.29, 0.717) is 12.6 Å². The highest BCUT2D eigenvalue weighted by molar-refractivity contribution is 7.61. The Hall–Kier alpha value is -1.57. The maximum absolute atomic E-state index is 11.8. The van der Waals surface area contributed by atoms with Gasteiger partial charge in [0.1, 0.15) is 0 Å². The van der Waals surface area contributed by atoms with Crippen molar-refractivity contribution in [2.45, 2.75) is 118 Å². The first-order valence-electron chi connectivity index (χ1n) is 13.0. The fourth-order valence-corrected chi connectivity index (χ4v) is 5.77. The Morgan fingerprint density at radius 1 is 0.629 bits per heavy atom. The topological polar surface area (TPSA) is 38.7 Å². The van der Waals surface area contributed by atoms with Gasteiger partial charge in [-0.25, -0.2) is 0 Å². The highest BCUT2D eigenvalue weighted by Gasteiger charge is 2.47. The molecular weight excluding hydrogens is 451 g/mol. The van der Waals surface area contributed by atoms with Gasteiger partial charge in [-0.3, -0.25) is 9.05 Å². The summed E-state index contributed by atoms with van der Waals surface area (Å²) in [6.07, 6.45) is 1.12. The van der Waals surface area contributed by atoms with Crippen molar-refractivity contribution in [3.05, 3.63) is 57.6 Å². The molecule has 0 unspecified atom stereocenters. The van der Waals surface area contributed by atoms with Crippen LogP contribution in [0.25, 0.3) is 0 Å². The summed E-state index contributed by atoms with van der Waals surface area (Å²) >= 11 is 0. The third-order valence-electron chi connectivity index (χ3n) is 6.93. The molecule has 194 valence electrons. The second-order valence-electron chi connectivity index (χ2n) is 14.3. The van der Waals surface area contributed by atoms with Crippen molar-refractivity contribution in [1.29, 1.82) is 0 Å². The van der Waals surface area contributed by atoms with E-state index in [0.717, 1.165) is 33.8 Å². The molecule has 1 aliphatic rings. The van der Waals surface area contributed by atoms with Crippen LogP contribution < -0.4 is 9.05 Å². The normalized spacial score (nSPS) is 16.4. The lowest BCUT2D eigenvalue weighted by Crippen LogP contribution is -2.24. The molecular formula is C31H48O3P+. The van der Waals surface area contributed by atoms with Crippen LogP contribution >= 0.6 is 7.94 Å². The molecule has 3 rings (SSSR count). The molecule has 3 nitrogen and oxygen atoms in total. The molecule has 0 aliphatic carbocycles. The summed E-state index contributed by atoms with van der Waals surface area (Å²) < 4.78 is 13.1. The lowest BCUT2D eigenvalue weighted by molar-refractivity contribution is 0.333. The first-order valence-corrected chi connectivity index (χ1v) is 14.8. The fourth-order valence-electron chi connectivity index (χ4n) is 4.47. The van der Waals surface area contributed by atoms with E-state index >= 15 is 0 Å². The Bertz CT molecular complexity index is 1020. The Morgan fingerprint density at radius 3 is 1.23 bits per heavy atom. The van der Waals surface area contributed by atoms with Crippen LogP contribution in [0.3, 0.4) is 0 Å². The molecule has 35 heavy (non-hydrogen) atoms. The smallest absolute Gasteiger partial charge is 0.277 e. The SMILES string of the molecule is CC[P+]1(O)Oc2c(cc(C(C)(C)C)cc2C(C)(C)C)Cc2cc(C(C)(C)C)cc(C(C)(C)C)c2O1. The summed E-state index contributed by atoms with van der Waals surface area (Å²) in [6, 6.07) is 9.13. The van der Waals surface area contributed by atoms with Gasteiger partial charge in [-0.2, -0.15) is 4.89 Å². The van der Waals surface area contributed by atoms with Crippen molar-refractivity contribution in [3.63, 3.8) is 0 Å². The van der Waals surface area contributed by atoms with Crippen molar-refractivity contribution in [1.82, 2.24) is 0 Å². The Labute approximate surface area is 215 Å². The lowest BCUT2D eigenvalue weighted by Gasteiger charge is -2.33. The standard InChI is InChI=1S/C31H48O3P/c1-14-35(32)33-26-20(16-22(28(2,3)4)18-24(26)30(8,9)10)15-21-17-23(29(5,6)7)19-25(27(21)34-35)31(11,12)13/h16-19,32H,14-15H2,1-13H3/q+1. The minimum atomic E-state index is -3.18. The van der Waals surface area contributed by atoms with Crippen molar-refractivity contribution in [3.8, 4) is 11.5 Å². The van der Waals surface area contributed by atoms with E-state index in [4.69, 9.17) is 9.05 Å². The first kappa shape index (κ1) is 28.0. The molecule has 0 spiro atoms. The Balaban J connectivity index is 2.45. The molecule has 4 heteroatoms. The van der Waals surface area contributed by atoms with Gasteiger partial charge < -0.3 is 0 Å². The molecule has 0 aromatic heterocycles. The summed E-state index contributed by atoms with van der Waals surface area (Å²) in [6.45, 7) is 28.8. The van der Waals surface area contributed by atoms with Crippen LogP contribution in [-0.4, -0.2) is 11.1 Å². The summed E-state index contributed by atoms with van der Waals surface area (Å²) in [5, 5.41) is 0. The number of hydrogen-bond acceptors (Lipinski definition) is 3. The third kappa shape index (κ3) is 5.89. The molecule has 0 bridgehead atoms. The Morgan fingerprint density at radius 2 is 0.971 bits per heavy atom. The molecule has 0 saturated heterocycles. The van der Waals surface area contributed by atoms with Crippen molar-refractivity contribution in [2.24, 2.45) is 0 Å². The van der Waals surface area contributed by atoms with Gasteiger partial charge in [0.15, 0.2) is 17.7 Å². The van der Waals surface area contributed by atoms with Crippen molar-refractivity contribution >= 4 is 7.94 Å². The van der Waals surface area contributed by atoms with Crippen LogP contribution in [0.4, 0.5) is 0 Å². The van der Waals surface area contributed by atoms with Crippen LogP contribution in [-0.2, 0) is 28.1 Å². The van der Waals surface area contributed by atoms with Gasteiger partial charge >= 0.3 is 7.94 Å². The average molecular weight is 500 g/mol. The summed E-state index contributed by atoms with van der Waals surface area (Å²) in [7, 11) is -3.18. The zero-order chi connectivity index (χ0) is 26.8. The second-order valence-corrected chi connectivity index (χ2v) is 16.6. The minimum absolute atomic E-state index is 0.00322. The van der Waals surface area contributed by atoms with Gasteiger partial charge in [-0.1, -0.05) is 107 Å². The molecule has 2 aromatic carbocycles. The molecule has 1 aliphatic heterocycles. The minimum Gasteiger partial charge on any atom is -0.277 e. The largest absolute Gasteiger partial charge is 0.494 e. The maximum Gasteiger partial charge on any atom is 0.494 e. The molecule has 0 amide bonds. The van der Waals surface area contributed by atoms with Gasteiger partial charge in [-0.15, -0.1) is 0 Å². The zero-order valence-electron chi connectivity index (χ0n) is 24.4. The van der Waals surface area contributed by atoms with E-state index in [9.17, 15) is 4.89 Å². The summed E-state index contributed by atoms with van der Waals surface area (Å²) in [5.41, 5.74) is 6.79. The van der Waals surface area contributed by atoms with E-state index in [1.807, 2.05) is 6.92 Å². The maximum atomic E-state index is 11.8. The van der Waals surface area contributed by atoms with E-state index < -0.39 is 7.94 Å². The summed E-state index contributed by atoms with van der Waals surface area (Å²) in [4.78, 5) is 11.8. The third-order valence-corrected chi connectivity index (χ3v) is 8.66. The quantitative estimate of drug-likeness (QED) is 0.398. The van der Waals surface area contributed by atoms with Crippen molar-refractivity contribution < 1.29 is 13.9 Å². The van der Waals surface area contributed by atoms with E-state index in [1.165, 1.54) is 11.1 Å².